The van der Waals surface area contributed by atoms with Crippen molar-refractivity contribution in [1.29, 1.82) is 5.26 Å². The zero-order valence-corrected chi connectivity index (χ0v) is 21.3. The molecule has 4 aromatic rings. The fourth-order valence-electron chi connectivity index (χ4n) is 5.57. The summed E-state index contributed by atoms with van der Waals surface area (Å²) in [6, 6.07) is 21.8. The van der Waals surface area contributed by atoms with Gasteiger partial charge in [0.25, 0.3) is 0 Å². The van der Waals surface area contributed by atoms with Gasteiger partial charge in [-0.1, -0.05) is 35.9 Å². The highest BCUT2D eigenvalue weighted by Gasteiger charge is 2.50. The number of nitriles is 1. The molecule has 5 nitrogen and oxygen atoms in total. The molecule has 2 heterocycles. The second-order valence-electron chi connectivity index (χ2n) is 10.1. The maximum absolute atomic E-state index is 16.0. The molecule has 5 rings (SSSR count). The van der Waals surface area contributed by atoms with E-state index in [-0.39, 0.29) is 12.0 Å². The molecule has 0 unspecified atom stereocenters. The molecule has 0 saturated carbocycles. The van der Waals surface area contributed by atoms with E-state index in [4.69, 9.17) is 11.6 Å². The Morgan fingerprint density at radius 3 is 2.49 bits per heavy atom. The largest absolute Gasteiger partial charge is 0.291 e. The highest BCUT2D eigenvalue weighted by Crippen LogP contribution is 2.52. The molecule has 0 radical (unpaired) electrons. The Balaban J connectivity index is 1.54. The van der Waals surface area contributed by atoms with Crippen molar-refractivity contribution in [2.45, 2.75) is 38.0 Å². The quantitative estimate of drug-likeness (QED) is 0.276. The molecule has 0 bridgehead atoms. The lowest BCUT2D eigenvalue weighted by atomic mass is 9.67. The van der Waals surface area contributed by atoms with Crippen LogP contribution in [0.5, 0.6) is 0 Å². The van der Waals surface area contributed by atoms with Crippen molar-refractivity contribution >= 4 is 11.6 Å². The Hall–Kier alpha value is -3.60. The van der Waals surface area contributed by atoms with Crippen LogP contribution in [0.2, 0.25) is 5.02 Å². The first-order valence-corrected chi connectivity index (χ1v) is 12.4. The Bertz CT molecular complexity index is 1420. The average Bonchev–Trinajstić information content (AvgIpc) is 3.39. The number of hydrogen-bond acceptors (Lipinski definition) is 4. The van der Waals surface area contributed by atoms with Gasteiger partial charge < -0.3 is 0 Å². The highest BCUT2D eigenvalue weighted by molar-refractivity contribution is 6.30. The standard InChI is InChI=1S/C29H26ClF2N5/c1-29(2,32)27(22-11-24(31)13-25(12-22)37-17-34-35-18-37)26-16-36(15-20-5-3-4-19(10-20)14-33)28(26)21-6-8-23(30)9-7-21/h3-13,17-18,26-28H,15-16H2,1-2H3/t26-,27-,28-/m1/s1. The summed E-state index contributed by atoms with van der Waals surface area (Å²) in [5.74, 6) is -1.15. The van der Waals surface area contributed by atoms with Crippen molar-refractivity contribution in [2.75, 3.05) is 6.54 Å². The monoisotopic (exact) mass is 517 g/mol. The van der Waals surface area contributed by atoms with E-state index in [0.29, 0.717) is 34.9 Å². The molecule has 37 heavy (non-hydrogen) atoms. The van der Waals surface area contributed by atoms with Gasteiger partial charge in [-0.2, -0.15) is 5.26 Å². The molecule has 0 amide bonds. The fourth-order valence-corrected chi connectivity index (χ4v) is 5.70. The minimum absolute atomic E-state index is 0.121. The van der Waals surface area contributed by atoms with Gasteiger partial charge in [-0.3, -0.25) is 9.47 Å². The van der Waals surface area contributed by atoms with E-state index in [1.54, 1.807) is 24.5 Å². The molecule has 3 aromatic carbocycles. The Morgan fingerprint density at radius 2 is 1.81 bits per heavy atom. The first-order chi connectivity index (χ1) is 17.7. The van der Waals surface area contributed by atoms with Crippen molar-refractivity contribution in [3.05, 3.63) is 112 Å². The van der Waals surface area contributed by atoms with Crippen LogP contribution in [0.4, 0.5) is 8.78 Å². The van der Waals surface area contributed by atoms with Gasteiger partial charge in [0.05, 0.1) is 17.3 Å². The van der Waals surface area contributed by atoms with Crippen LogP contribution >= 0.6 is 11.6 Å². The van der Waals surface area contributed by atoms with Crippen LogP contribution in [0.1, 0.15) is 48.1 Å². The smallest absolute Gasteiger partial charge is 0.125 e. The molecular formula is C29H26ClF2N5. The highest BCUT2D eigenvalue weighted by atomic mass is 35.5. The van der Waals surface area contributed by atoms with Crippen LogP contribution < -0.4 is 0 Å². The maximum Gasteiger partial charge on any atom is 0.125 e. The number of alkyl halides is 1. The number of rotatable bonds is 7. The van der Waals surface area contributed by atoms with E-state index >= 15 is 4.39 Å². The predicted molar refractivity (Wildman–Crippen MR) is 138 cm³/mol. The van der Waals surface area contributed by atoms with Crippen LogP contribution in [0.15, 0.2) is 79.4 Å². The number of nitrogens with zero attached hydrogens (tertiary/aromatic N) is 5. The molecule has 0 aliphatic carbocycles. The van der Waals surface area contributed by atoms with Gasteiger partial charge in [0.15, 0.2) is 0 Å². The normalized spacial score (nSPS) is 18.7. The lowest BCUT2D eigenvalue weighted by molar-refractivity contribution is -0.0423. The van der Waals surface area contributed by atoms with Gasteiger partial charge in [0.2, 0.25) is 0 Å². The number of likely N-dealkylation sites (tertiary alicyclic amines) is 1. The number of benzene rings is 3. The molecule has 1 saturated heterocycles. The van der Waals surface area contributed by atoms with Gasteiger partial charge >= 0.3 is 0 Å². The minimum atomic E-state index is -1.62. The number of halogens is 3. The van der Waals surface area contributed by atoms with Crippen LogP contribution in [0.3, 0.4) is 0 Å². The van der Waals surface area contributed by atoms with Crippen LogP contribution in [0.25, 0.3) is 5.69 Å². The van der Waals surface area contributed by atoms with Gasteiger partial charge in [-0.05, 0) is 73.0 Å². The summed E-state index contributed by atoms with van der Waals surface area (Å²) in [7, 11) is 0. The van der Waals surface area contributed by atoms with Gasteiger partial charge in [0, 0.05) is 36.0 Å². The summed E-state index contributed by atoms with van der Waals surface area (Å²) < 4.78 is 32.4. The van der Waals surface area contributed by atoms with Crippen molar-refractivity contribution < 1.29 is 8.78 Å². The summed E-state index contributed by atoms with van der Waals surface area (Å²) >= 11 is 6.17. The summed E-state index contributed by atoms with van der Waals surface area (Å²) in [6.45, 7) is 4.33. The third-order valence-corrected chi connectivity index (χ3v) is 7.30. The van der Waals surface area contributed by atoms with E-state index in [2.05, 4.69) is 21.2 Å². The lowest BCUT2D eigenvalue weighted by Gasteiger charge is -2.54. The van der Waals surface area contributed by atoms with Gasteiger partial charge in [-0.15, -0.1) is 10.2 Å². The topological polar surface area (TPSA) is 57.7 Å². The zero-order chi connectivity index (χ0) is 26.2. The van der Waals surface area contributed by atoms with E-state index in [9.17, 15) is 9.65 Å². The Labute approximate surface area is 219 Å². The maximum atomic E-state index is 16.0. The van der Waals surface area contributed by atoms with Crippen LogP contribution in [-0.2, 0) is 6.54 Å². The molecular weight excluding hydrogens is 492 g/mol. The number of aromatic nitrogens is 3. The zero-order valence-electron chi connectivity index (χ0n) is 20.5. The first kappa shape index (κ1) is 25.1. The summed E-state index contributed by atoms with van der Waals surface area (Å²) in [5.41, 5.74) is 2.13. The molecule has 1 aliphatic rings. The van der Waals surface area contributed by atoms with Crippen molar-refractivity contribution in [2.24, 2.45) is 5.92 Å². The molecule has 0 spiro atoms. The van der Waals surface area contributed by atoms with Crippen LogP contribution in [0, 0.1) is 23.1 Å². The van der Waals surface area contributed by atoms with Crippen molar-refractivity contribution in [1.82, 2.24) is 19.7 Å². The summed E-state index contributed by atoms with van der Waals surface area (Å²) in [5, 5.41) is 17.6. The van der Waals surface area contributed by atoms with Crippen molar-refractivity contribution in [3.8, 4) is 11.8 Å². The third kappa shape index (κ3) is 5.27. The molecule has 8 heteroatoms. The minimum Gasteiger partial charge on any atom is -0.291 e. The van der Waals surface area contributed by atoms with Crippen molar-refractivity contribution in [3.63, 3.8) is 0 Å². The van der Waals surface area contributed by atoms with Crippen LogP contribution in [-0.4, -0.2) is 31.9 Å². The average molecular weight is 518 g/mol. The second kappa shape index (κ2) is 10.0. The van der Waals surface area contributed by atoms with E-state index < -0.39 is 17.4 Å². The van der Waals surface area contributed by atoms with E-state index in [1.807, 2.05) is 48.5 Å². The predicted octanol–water partition coefficient (Wildman–Crippen LogP) is 6.64. The second-order valence-corrected chi connectivity index (χ2v) is 10.5. The van der Waals surface area contributed by atoms with Gasteiger partial charge in [0.1, 0.15) is 24.1 Å². The molecule has 1 fully saturated rings. The third-order valence-electron chi connectivity index (χ3n) is 7.05. The Kier molecular flexibility index (Phi) is 6.80. The molecule has 188 valence electrons. The fraction of sp³-hybridized carbons (Fsp3) is 0.276. The SMILES string of the molecule is CC(C)(F)[C@H](c1cc(F)cc(-n2cnnc2)c1)[C@H]1CN(Cc2cccc(C#N)c2)[C@@H]1c1ccc(Cl)cc1. The Morgan fingerprint density at radius 1 is 1.08 bits per heavy atom. The summed E-state index contributed by atoms with van der Waals surface area (Å²) in [4.78, 5) is 2.27. The van der Waals surface area contributed by atoms with E-state index in [0.717, 1.165) is 11.1 Å². The number of hydrogen-bond donors (Lipinski definition) is 0. The first-order valence-electron chi connectivity index (χ1n) is 12.1. The molecule has 3 atom stereocenters. The lowest BCUT2D eigenvalue weighted by Crippen LogP contribution is -2.54. The van der Waals surface area contributed by atoms with E-state index in [1.165, 1.54) is 24.8 Å². The summed E-state index contributed by atoms with van der Waals surface area (Å²) in [6.07, 6.45) is 2.98. The van der Waals surface area contributed by atoms with Gasteiger partial charge in [-0.25, -0.2) is 8.78 Å². The molecule has 1 aromatic heterocycles. The molecule has 1 aliphatic heterocycles. The molecule has 0 N–H and O–H groups in total.